The third kappa shape index (κ3) is 3.40. The van der Waals surface area contributed by atoms with Crippen LogP contribution in [0.1, 0.15) is 112 Å². The molecule has 0 aromatic rings. The predicted octanol–water partition coefficient (Wildman–Crippen LogP) is 7.47. The quantitative estimate of drug-likeness (QED) is 0.484. The first-order valence-electron chi connectivity index (χ1n) is 13.0. The summed E-state index contributed by atoms with van der Waals surface area (Å²) in [5.74, 6) is 7.09. The standard InChI is InChI=1S/C27H48O/c1-6-7-8-9-18(2)20-14-16-26(4)24(20)13-11-23-22-15-17-27(5,28)19(3)21(22)10-12-25(23)26/h18-25,28H,6-17H2,1-5H3/t18-,19-,20+,21+,22-,23+,24+,25+,26+,27-/m0/s1. The Morgan fingerprint density at radius 2 is 1.57 bits per heavy atom. The SMILES string of the molecule is CCCCC[C@H](C)[C@H]1CC[C@@]2(C)[C@@H]3CC[C@H]4[C@H](CC[C@](C)(O)[C@H]4C)[C@H]3CC[C@H]12. The van der Waals surface area contributed by atoms with Gasteiger partial charge in [-0.25, -0.2) is 0 Å². The molecule has 4 rings (SSSR count). The van der Waals surface area contributed by atoms with E-state index in [9.17, 15) is 5.11 Å². The van der Waals surface area contributed by atoms with E-state index in [4.69, 9.17) is 0 Å². The fourth-order valence-corrected chi connectivity index (χ4v) is 9.19. The van der Waals surface area contributed by atoms with Gasteiger partial charge in [0.05, 0.1) is 5.60 Å². The second kappa shape index (κ2) is 7.90. The Morgan fingerprint density at radius 3 is 2.32 bits per heavy atom. The molecule has 0 radical (unpaired) electrons. The molecule has 4 fully saturated rings. The Morgan fingerprint density at radius 1 is 0.857 bits per heavy atom. The molecule has 0 aliphatic heterocycles. The molecule has 0 amide bonds. The van der Waals surface area contributed by atoms with Gasteiger partial charge in [-0.1, -0.05) is 53.4 Å². The normalized spacial score (nSPS) is 51.9. The topological polar surface area (TPSA) is 20.2 Å². The lowest BCUT2D eigenvalue weighted by Crippen LogP contribution is -2.54. The highest BCUT2D eigenvalue weighted by Crippen LogP contribution is 2.66. The van der Waals surface area contributed by atoms with Crippen LogP contribution in [0.4, 0.5) is 0 Å². The molecular formula is C27H48O. The summed E-state index contributed by atoms with van der Waals surface area (Å²) in [6, 6.07) is 0. The van der Waals surface area contributed by atoms with Crippen LogP contribution < -0.4 is 0 Å². The summed E-state index contributed by atoms with van der Waals surface area (Å²) in [5, 5.41) is 10.9. The molecule has 0 saturated heterocycles. The highest BCUT2D eigenvalue weighted by atomic mass is 16.3. The molecule has 28 heavy (non-hydrogen) atoms. The van der Waals surface area contributed by atoms with Crippen LogP contribution in [0.25, 0.3) is 0 Å². The Hall–Kier alpha value is -0.0400. The van der Waals surface area contributed by atoms with E-state index < -0.39 is 5.60 Å². The van der Waals surface area contributed by atoms with Crippen LogP contribution in [0.3, 0.4) is 0 Å². The fourth-order valence-electron chi connectivity index (χ4n) is 9.19. The number of unbranched alkanes of at least 4 members (excludes halogenated alkanes) is 2. The molecule has 4 saturated carbocycles. The van der Waals surface area contributed by atoms with Crippen LogP contribution >= 0.6 is 0 Å². The summed E-state index contributed by atoms with van der Waals surface area (Å²) >= 11 is 0. The Balaban J connectivity index is 1.47. The van der Waals surface area contributed by atoms with E-state index in [2.05, 4.69) is 34.6 Å². The summed E-state index contributed by atoms with van der Waals surface area (Å²) in [5.41, 5.74) is 0.211. The third-order valence-electron chi connectivity index (χ3n) is 11.1. The molecule has 4 aliphatic carbocycles. The average molecular weight is 389 g/mol. The number of aliphatic hydroxyl groups is 1. The van der Waals surface area contributed by atoms with E-state index >= 15 is 0 Å². The molecule has 0 spiro atoms. The van der Waals surface area contributed by atoms with Crippen molar-refractivity contribution in [2.45, 2.75) is 117 Å². The maximum Gasteiger partial charge on any atom is 0.0648 e. The summed E-state index contributed by atoms with van der Waals surface area (Å²) < 4.78 is 0. The molecule has 1 nitrogen and oxygen atoms in total. The van der Waals surface area contributed by atoms with Gasteiger partial charge >= 0.3 is 0 Å². The first-order chi connectivity index (χ1) is 13.3. The van der Waals surface area contributed by atoms with Crippen molar-refractivity contribution in [2.75, 3.05) is 0 Å². The van der Waals surface area contributed by atoms with E-state index in [1.54, 1.807) is 0 Å². The highest BCUT2D eigenvalue weighted by molar-refractivity contribution is 5.08. The first kappa shape index (κ1) is 21.2. The first-order valence-corrected chi connectivity index (χ1v) is 13.0. The monoisotopic (exact) mass is 388 g/mol. The lowest BCUT2D eigenvalue weighted by molar-refractivity contribution is -0.138. The number of hydrogen-bond donors (Lipinski definition) is 1. The van der Waals surface area contributed by atoms with Crippen LogP contribution in [-0.2, 0) is 0 Å². The van der Waals surface area contributed by atoms with Crippen molar-refractivity contribution in [3.63, 3.8) is 0 Å². The molecule has 0 unspecified atom stereocenters. The van der Waals surface area contributed by atoms with Gasteiger partial charge in [0.25, 0.3) is 0 Å². The minimum Gasteiger partial charge on any atom is -0.390 e. The van der Waals surface area contributed by atoms with Gasteiger partial charge in [0.2, 0.25) is 0 Å². The van der Waals surface area contributed by atoms with Crippen LogP contribution in [0, 0.1) is 52.8 Å². The minimum atomic E-state index is -0.415. The Labute approximate surface area is 175 Å². The van der Waals surface area contributed by atoms with E-state index in [1.165, 1.54) is 70.6 Å². The molecule has 162 valence electrons. The molecule has 0 heterocycles. The van der Waals surface area contributed by atoms with E-state index in [0.717, 1.165) is 47.8 Å². The highest BCUT2D eigenvalue weighted by Gasteiger charge is 2.59. The van der Waals surface area contributed by atoms with Gasteiger partial charge in [0.15, 0.2) is 0 Å². The van der Waals surface area contributed by atoms with Crippen molar-refractivity contribution in [3.8, 4) is 0 Å². The van der Waals surface area contributed by atoms with Crippen molar-refractivity contribution in [1.82, 2.24) is 0 Å². The maximum absolute atomic E-state index is 10.9. The molecule has 0 bridgehead atoms. The zero-order valence-electron chi connectivity index (χ0n) is 19.6. The summed E-state index contributed by atoms with van der Waals surface area (Å²) in [6.45, 7) is 12.1. The maximum atomic E-state index is 10.9. The molecule has 10 atom stereocenters. The van der Waals surface area contributed by atoms with E-state index in [-0.39, 0.29) is 0 Å². The molecule has 4 aliphatic rings. The lowest BCUT2D eigenvalue weighted by atomic mass is 9.46. The van der Waals surface area contributed by atoms with E-state index in [0.29, 0.717) is 11.3 Å². The van der Waals surface area contributed by atoms with Crippen molar-refractivity contribution < 1.29 is 5.11 Å². The Kier molecular flexibility index (Phi) is 5.98. The Bertz CT molecular complexity index is 538. The zero-order chi connectivity index (χ0) is 20.1. The number of rotatable bonds is 5. The van der Waals surface area contributed by atoms with E-state index in [1.807, 2.05) is 0 Å². The zero-order valence-corrected chi connectivity index (χ0v) is 19.6. The average Bonchev–Trinajstić information content (AvgIpc) is 3.02. The summed E-state index contributed by atoms with van der Waals surface area (Å²) in [6.07, 6.45) is 16.9. The molecule has 1 heteroatoms. The van der Waals surface area contributed by atoms with Gasteiger partial charge in [-0.15, -0.1) is 0 Å². The molecule has 0 aromatic heterocycles. The predicted molar refractivity (Wildman–Crippen MR) is 119 cm³/mol. The van der Waals surface area contributed by atoms with Crippen molar-refractivity contribution in [2.24, 2.45) is 52.8 Å². The largest absolute Gasteiger partial charge is 0.390 e. The minimum absolute atomic E-state index is 0.415. The second-order valence-electron chi connectivity index (χ2n) is 12.2. The summed E-state index contributed by atoms with van der Waals surface area (Å²) in [7, 11) is 0. The molecule has 1 N–H and O–H groups in total. The van der Waals surface area contributed by atoms with Crippen molar-refractivity contribution >= 4 is 0 Å². The van der Waals surface area contributed by atoms with Gasteiger partial charge in [-0.3, -0.25) is 0 Å². The fraction of sp³-hybridized carbons (Fsp3) is 1.00. The van der Waals surface area contributed by atoms with Gasteiger partial charge in [-0.2, -0.15) is 0 Å². The number of fused-ring (bicyclic) bond motifs is 5. The van der Waals surface area contributed by atoms with Crippen molar-refractivity contribution in [3.05, 3.63) is 0 Å². The lowest BCUT2D eigenvalue weighted by Gasteiger charge is -2.59. The van der Waals surface area contributed by atoms with Crippen LogP contribution in [0.5, 0.6) is 0 Å². The number of hydrogen-bond acceptors (Lipinski definition) is 1. The van der Waals surface area contributed by atoms with Crippen molar-refractivity contribution in [1.29, 1.82) is 0 Å². The van der Waals surface area contributed by atoms with Gasteiger partial charge < -0.3 is 5.11 Å². The summed E-state index contributed by atoms with van der Waals surface area (Å²) in [4.78, 5) is 0. The van der Waals surface area contributed by atoms with Gasteiger partial charge in [0, 0.05) is 0 Å². The van der Waals surface area contributed by atoms with Gasteiger partial charge in [0.1, 0.15) is 0 Å². The van der Waals surface area contributed by atoms with Crippen LogP contribution in [0.15, 0.2) is 0 Å². The molecule has 0 aromatic carbocycles. The van der Waals surface area contributed by atoms with Gasteiger partial charge in [-0.05, 0) is 111 Å². The second-order valence-corrected chi connectivity index (χ2v) is 12.2. The molecular weight excluding hydrogens is 340 g/mol. The van der Waals surface area contributed by atoms with Crippen LogP contribution in [-0.4, -0.2) is 10.7 Å². The smallest absolute Gasteiger partial charge is 0.0648 e. The third-order valence-corrected chi connectivity index (χ3v) is 11.1. The van der Waals surface area contributed by atoms with Crippen LogP contribution in [0.2, 0.25) is 0 Å².